The summed E-state index contributed by atoms with van der Waals surface area (Å²) in [5.74, 6) is 2.58. The maximum Gasteiger partial charge on any atom is 0.165 e. The van der Waals surface area contributed by atoms with Gasteiger partial charge in [0, 0.05) is 12.1 Å². The molecule has 0 amide bonds. The van der Waals surface area contributed by atoms with E-state index in [2.05, 4.69) is 53.4 Å². The predicted molar refractivity (Wildman–Crippen MR) is 137 cm³/mol. The summed E-state index contributed by atoms with van der Waals surface area (Å²) >= 11 is 0. The van der Waals surface area contributed by atoms with E-state index in [4.69, 9.17) is 14.2 Å². The molecule has 4 heteroatoms. The van der Waals surface area contributed by atoms with Crippen molar-refractivity contribution in [3.05, 3.63) is 95.1 Å². The lowest BCUT2D eigenvalue weighted by Gasteiger charge is -2.23. The fourth-order valence-electron chi connectivity index (χ4n) is 4.93. The molecule has 4 nitrogen and oxygen atoms in total. The SMILES string of the molecule is COc1ccc2c(c1OCc1ccccc1)CCC=C2c1ccc(OCCN2CCCC2)cc1. The summed E-state index contributed by atoms with van der Waals surface area (Å²) in [4.78, 5) is 2.48. The van der Waals surface area contributed by atoms with Crippen molar-refractivity contribution in [2.45, 2.75) is 32.3 Å². The van der Waals surface area contributed by atoms with E-state index in [1.54, 1.807) is 7.11 Å². The Morgan fingerprint density at radius 1 is 0.853 bits per heavy atom. The lowest BCUT2D eigenvalue weighted by molar-refractivity contribution is 0.238. The van der Waals surface area contributed by atoms with E-state index < -0.39 is 0 Å². The highest BCUT2D eigenvalue weighted by atomic mass is 16.5. The number of ether oxygens (including phenoxy) is 3. The van der Waals surface area contributed by atoms with E-state index in [9.17, 15) is 0 Å². The van der Waals surface area contributed by atoms with Gasteiger partial charge in [0.15, 0.2) is 11.5 Å². The zero-order valence-corrected chi connectivity index (χ0v) is 20.0. The Labute approximate surface area is 202 Å². The average Bonchev–Trinajstić information content (AvgIpc) is 3.41. The number of benzene rings is 3. The van der Waals surface area contributed by atoms with Crippen LogP contribution < -0.4 is 14.2 Å². The first-order valence-electron chi connectivity index (χ1n) is 12.3. The number of likely N-dealkylation sites (tertiary alicyclic amines) is 1. The first kappa shape index (κ1) is 22.5. The molecule has 3 aromatic carbocycles. The minimum absolute atomic E-state index is 0.524. The van der Waals surface area contributed by atoms with Crippen molar-refractivity contribution < 1.29 is 14.2 Å². The maximum atomic E-state index is 6.33. The molecule has 1 heterocycles. The molecule has 0 atom stereocenters. The van der Waals surface area contributed by atoms with E-state index in [1.165, 1.54) is 48.2 Å². The van der Waals surface area contributed by atoms with Gasteiger partial charge in [-0.25, -0.2) is 0 Å². The lowest BCUT2D eigenvalue weighted by atomic mass is 9.86. The van der Waals surface area contributed by atoms with Crippen LogP contribution in [0.1, 0.15) is 41.5 Å². The molecular formula is C30H33NO3. The van der Waals surface area contributed by atoms with Gasteiger partial charge in [-0.1, -0.05) is 54.6 Å². The van der Waals surface area contributed by atoms with Crippen LogP contribution in [-0.4, -0.2) is 38.3 Å². The number of methoxy groups -OCH3 is 1. The van der Waals surface area contributed by atoms with E-state index in [-0.39, 0.29) is 0 Å². The van der Waals surface area contributed by atoms with Crippen molar-refractivity contribution >= 4 is 5.57 Å². The Hall–Kier alpha value is -3.24. The van der Waals surface area contributed by atoms with Crippen LogP contribution in [0.2, 0.25) is 0 Å². The highest BCUT2D eigenvalue weighted by molar-refractivity contribution is 5.84. The molecule has 0 spiro atoms. The van der Waals surface area contributed by atoms with E-state index in [0.29, 0.717) is 6.61 Å². The summed E-state index contributed by atoms with van der Waals surface area (Å²) in [5.41, 5.74) is 6.04. The van der Waals surface area contributed by atoms with Gasteiger partial charge < -0.3 is 14.2 Å². The van der Waals surface area contributed by atoms with Crippen LogP contribution in [0.4, 0.5) is 0 Å². The summed E-state index contributed by atoms with van der Waals surface area (Å²) in [7, 11) is 1.71. The molecule has 34 heavy (non-hydrogen) atoms. The van der Waals surface area contributed by atoms with Gasteiger partial charge in [-0.2, -0.15) is 0 Å². The Balaban J connectivity index is 1.32. The molecule has 1 saturated heterocycles. The molecular weight excluding hydrogens is 422 g/mol. The van der Waals surface area contributed by atoms with Crippen molar-refractivity contribution in [3.8, 4) is 17.2 Å². The third-order valence-electron chi connectivity index (χ3n) is 6.74. The molecule has 5 rings (SSSR count). The lowest BCUT2D eigenvalue weighted by Crippen LogP contribution is -2.25. The zero-order chi connectivity index (χ0) is 23.2. The number of hydrogen-bond acceptors (Lipinski definition) is 4. The quantitative estimate of drug-likeness (QED) is 0.389. The maximum absolute atomic E-state index is 6.33. The second kappa shape index (κ2) is 10.8. The van der Waals surface area contributed by atoms with Crippen molar-refractivity contribution in [2.75, 3.05) is 33.4 Å². The number of rotatable bonds is 9. The van der Waals surface area contributed by atoms with Crippen LogP contribution in [0.25, 0.3) is 5.57 Å². The highest BCUT2D eigenvalue weighted by Gasteiger charge is 2.21. The Bertz CT molecular complexity index is 1120. The third-order valence-corrected chi connectivity index (χ3v) is 6.74. The highest BCUT2D eigenvalue weighted by Crippen LogP contribution is 2.42. The van der Waals surface area contributed by atoms with Crippen molar-refractivity contribution in [3.63, 3.8) is 0 Å². The molecule has 1 aliphatic carbocycles. The molecule has 176 valence electrons. The first-order chi connectivity index (χ1) is 16.8. The van der Waals surface area contributed by atoms with Crippen molar-refractivity contribution in [1.29, 1.82) is 0 Å². The molecule has 0 unspecified atom stereocenters. The largest absolute Gasteiger partial charge is 0.493 e. The molecule has 0 saturated carbocycles. The van der Waals surface area contributed by atoms with E-state index in [1.807, 2.05) is 24.3 Å². The fraction of sp³-hybridized carbons (Fsp3) is 0.333. The fourth-order valence-corrected chi connectivity index (χ4v) is 4.93. The van der Waals surface area contributed by atoms with Crippen LogP contribution in [0, 0.1) is 0 Å². The van der Waals surface area contributed by atoms with Crippen molar-refractivity contribution in [2.24, 2.45) is 0 Å². The molecule has 1 fully saturated rings. The monoisotopic (exact) mass is 455 g/mol. The Kier molecular flexibility index (Phi) is 7.16. The molecule has 0 N–H and O–H groups in total. The van der Waals surface area contributed by atoms with Gasteiger partial charge in [0.2, 0.25) is 0 Å². The Morgan fingerprint density at radius 3 is 2.41 bits per heavy atom. The first-order valence-corrected chi connectivity index (χ1v) is 12.3. The van der Waals surface area contributed by atoms with Gasteiger partial charge in [0.05, 0.1) is 7.11 Å². The molecule has 0 bridgehead atoms. The van der Waals surface area contributed by atoms with Crippen LogP contribution in [0.3, 0.4) is 0 Å². The number of allylic oxidation sites excluding steroid dienone is 1. The van der Waals surface area contributed by atoms with Gasteiger partial charge in [-0.3, -0.25) is 4.90 Å². The Morgan fingerprint density at radius 2 is 1.65 bits per heavy atom. The number of nitrogens with zero attached hydrogens (tertiary/aromatic N) is 1. The topological polar surface area (TPSA) is 30.9 Å². The summed E-state index contributed by atoms with van der Waals surface area (Å²) in [6.07, 6.45) is 6.88. The van der Waals surface area contributed by atoms with Gasteiger partial charge in [-0.05, 0) is 79.2 Å². The second-order valence-electron chi connectivity index (χ2n) is 8.98. The summed E-state index contributed by atoms with van der Waals surface area (Å²) in [5, 5.41) is 0. The van der Waals surface area contributed by atoms with Crippen LogP contribution in [-0.2, 0) is 13.0 Å². The molecule has 2 aliphatic rings. The van der Waals surface area contributed by atoms with Gasteiger partial charge in [-0.15, -0.1) is 0 Å². The summed E-state index contributed by atoms with van der Waals surface area (Å²) in [6, 6.07) is 23.0. The van der Waals surface area contributed by atoms with E-state index >= 15 is 0 Å². The third kappa shape index (κ3) is 5.13. The van der Waals surface area contributed by atoms with Gasteiger partial charge in [0.1, 0.15) is 19.0 Å². The molecule has 1 aliphatic heterocycles. The van der Waals surface area contributed by atoms with Gasteiger partial charge in [0.25, 0.3) is 0 Å². The second-order valence-corrected chi connectivity index (χ2v) is 8.98. The smallest absolute Gasteiger partial charge is 0.165 e. The van der Waals surface area contributed by atoms with E-state index in [0.717, 1.165) is 48.8 Å². The molecule has 0 aromatic heterocycles. The van der Waals surface area contributed by atoms with Crippen LogP contribution >= 0.6 is 0 Å². The van der Waals surface area contributed by atoms with Gasteiger partial charge >= 0.3 is 0 Å². The van der Waals surface area contributed by atoms with Crippen molar-refractivity contribution in [1.82, 2.24) is 4.90 Å². The summed E-state index contributed by atoms with van der Waals surface area (Å²) < 4.78 is 18.0. The number of fused-ring (bicyclic) bond motifs is 1. The molecule has 0 radical (unpaired) electrons. The minimum atomic E-state index is 0.524. The predicted octanol–water partition coefficient (Wildman–Crippen LogP) is 6.13. The normalized spacial score (nSPS) is 15.5. The standard InChI is InChI=1S/C30H33NO3/c1-32-29-17-16-27-26(10-7-11-28(27)30(29)34-22-23-8-3-2-4-9-23)24-12-14-25(15-13-24)33-21-20-31-18-5-6-19-31/h2-4,8-10,12-17H,5-7,11,18-22H2,1H3. The average molecular weight is 456 g/mol. The molecule has 3 aromatic rings. The summed E-state index contributed by atoms with van der Waals surface area (Å²) in [6.45, 7) is 4.69. The zero-order valence-electron chi connectivity index (χ0n) is 20.0. The minimum Gasteiger partial charge on any atom is -0.493 e. The van der Waals surface area contributed by atoms with Crippen LogP contribution in [0.5, 0.6) is 17.2 Å². The van der Waals surface area contributed by atoms with Crippen LogP contribution in [0.15, 0.2) is 72.8 Å². The number of hydrogen-bond donors (Lipinski definition) is 0.